The lowest BCUT2D eigenvalue weighted by atomic mass is 10.1. The van der Waals surface area contributed by atoms with Gasteiger partial charge in [-0.1, -0.05) is 0 Å². The zero-order valence-electron chi connectivity index (χ0n) is 14.0. The van der Waals surface area contributed by atoms with Crippen LogP contribution in [0, 0.1) is 0 Å². The van der Waals surface area contributed by atoms with Crippen LogP contribution in [0.15, 0.2) is 18.2 Å². The average molecular weight is 368 g/mol. The predicted octanol–water partition coefficient (Wildman–Crippen LogP) is 0.323. The first-order valence-corrected chi connectivity index (χ1v) is 9.80. The van der Waals surface area contributed by atoms with E-state index in [-0.39, 0.29) is 18.6 Å². The van der Waals surface area contributed by atoms with Gasteiger partial charge in [0.2, 0.25) is 10.0 Å². The van der Waals surface area contributed by atoms with Gasteiger partial charge in [-0.05, 0) is 37.1 Å². The van der Waals surface area contributed by atoms with Crippen molar-refractivity contribution in [3.8, 4) is 0 Å². The van der Waals surface area contributed by atoms with Gasteiger partial charge in [-0.15, -0.1) is 0 Å². The lowest BCUT2D eigenvalue weighted by Gasteiger charge is -2.35. The standard InChI is InChI=1S/C16H20N2O6S/c1-10-8-17(9-14(24-10)16(20)21)15(19)12-3-4-13-11(7-12)5-6-18(13)25(2,22)23/h3-4,7,10,14H,5-6,8-9H2,1-2H3,(H,20,21)/t10-,14?/m1/s1. The molecule has 8 nitrogen and oxygen atoms in total. The molecule has 2 aliphatic rings. The van der Waals surface area contributed by atoms with E-state index in [0.717, 1.165) is 11.8 Å². The number of nitrogens with zero attached hydrogens (tertiary/aromatic N) is 2. The Morgan fingerprint density at radius 2 is 2.00 bits per heavy atom. The maximum absolute atomic E-state index is 12.7. The van der Waals surface area contributed by atoms with Crippen molar-refractivity contribution in [3.63, 3.8) is 0 Å². The number of amides is 1. The summed E-state index contributed by atoms with van der Waals surface area (Å²) < 4.78 is 30.2. The van der Waals surface area contributed by atoms with Gasteiger partial charge in [0.1, 0.15) is 0 Å². The van der Waals surface area contributed by atoms with E-state index in [0.29, 0.717) is 30.8 Å². The van der Waals surface area contributed by atoms with Crippen molar-refractivity contribution in [2.24, 2.45) is 0 Å². The van der Waals surface area contributed by atoms with Crippen LogP contribution in [0.4, 0.5) is 5.69 Å². The first-order valence-electron chi connectivity index (χ1n) is 7.95. The van der Waals surface area contributed by atoms with Crippen molar-refractivity contribution in [1.29, 1.82) is 0 Å². The minimum Gasteiger partial charge on any atom is -0.479 e. The summed E-state index contributed by atoms with van der Waals surface area (Å²) in [5.74, 6) is -1.37. The molecule has 0 bridgehead atoms. The minimum absolute atomic E-state index is 0.00887. The number of aliphatic carboxylic acids is 1. The molecule has 0 aromatic heterocycles. The summed E-state index contributed by atoms with van der Waals surface area (Å²) >= 11 is 0. The van der Waals surface area contributed by atoms with E-state index >= 15 is 0 Å². The van der Waals surface area contributed by atoms with E-state index in [1.165, 1.54) is 9.21 Å². The number of carboxylic acids is 1. The van der Waals surface area contributed by atoms with Gasteiger partial charge in [-0.3, -0.25) is 9.10 Å². The molecule has 1 aromatic rings. The Balaban J connectivity index is 1.83. The fourth-order valence-electron chi connectivity index (χ4n) is 3.29. The summed E-state index contributed by atoms with van der Waals surface area (Å²) in [7, 11) is -3.34. The fraction of sp³-hybridized carbons (Fsp3) is 0.500. The number of anilines is 1. The van der Waals surface area contributed by atoms with E-state index in [2.05, 4.69) is 0 Å². The molecule has 3 rings (SSSR count). The Hall–Kier alpha value is -2.13. The number of fused-ring (bicyclic) bond motifs is 1. The lowest BCUT2D eigenvalue weighted by Crippen LogP contribution is -2.51. The number of ether oxygens (including phenoxy) is 1. The third-order valence-electron chi connectivity index (χ3n) is 4.40. The number of carboxylic acid groups (broad SMARTS) is 1. The molecule has 1 saturated heterocycles. The first kappa shape index (κ1) is 17.7. The predicted molar refractivity (Wildman–Crippen MR) is 90.2 cm³/mol. The van der Waals surface area contributed by atoms with Crippen molar-refractivity contribution in [2.45, 2.75) is 25.6 Å². The maximum Gasteiger partial charge on any atom is 0.334 e. The second-order valence-electron chi connectivity index (χ2n) is 6.41. The van der Waals surface area contributed by atoms with Crippen molar-refractivity contribution in [1.82, 2.24) is 4.90 Å². The molecule has 0 aliphatic carbocycles. The average Bonchev–Trinajstić information content (AvgIpc) is 2.96. The van der Waals surface area contributed by atoms with Crippen LogP contribution in [0.25, 0.3) is 0 Å². The molecule has 1 fully saturated rings. The molecule has 2 aliphatic heterocycles. The molecule has 1 N–H and O–H groups in total. The Labute approximate surface area is 146 Å². The number of benzene rings is 1. The molecule has 0 radical (unpaired) electrons. The number of sulfonamides is 1. The zero-order chi connectivity index (χ0) is 18.4. The number of carbonyl (C=O) groups excluding carboxylic acids is 1. The summed E-state index contributed by atoms with van der Waals surface area (Å²) in [6, 6.07) is 4.91. The monoisotopic (exact) mass is 368 g/mol. The largest absolute Gasteiger partial charge is 0.479 e. The Bertz CT molecular complexity index is 822. The number of morpholine rings is 1. The highest BCUT2D eigenvalue weighted by molar-refractivity contribution is 7.92. The highest BCUT2D eigenvalue weighted by atomic mass is 32.2. The molecule has 1 aromatic carbocycles. The van der Waals surface area contributed by atoms with Crippen molar-refractivity contribution in [2.75, 3.05) is 30.2 Å². The van der Waals surface area contributed by atoms with Crippen LogP contribution in [-0.4, -0.2) is 68.4 Å². The van der Waals surface area contributed by atoms with Crippen molar-refractivity contribution < 1.29 is 27.9 Å². The molecule has 136 valence electrons. The van der Waals surface area contributed by atoms with Crippen LogP contribution in [-0.2, 0) is 26.0 Å². The molecule has 9 heteroatoms. The molecular formula is C16H20N2O6S. The summed E-state index contributed by atoms with van der Waals surface area (Å²) in [5, 5.41) is 9.13. The van der Waals surface area contributed by atoms with Gasteiger partial charge in [0.05, 0.1) is 24.6 Å². The molecule has 2 heterocycles. The quantitative estimate of drug-likeness (QED) is 0.824. The van der Waals surface area contributed by atoms with E-state index in [4.69, 9.17) is 9.84 Å². The highest BCUT2D eigenvalue weighted by Gasteiger charge is 2.34. The number of rotatable bonds is 3. The van der Waals surface area contributed by atoms with E-state index in [9.17, 15) is 18.0 Å². The van der Waals surface area contributed by atoms with Gasteiger partial charge < -0.3 is 14.7 Å². The fourth-order valence-corrected chi connectivity index (χ4v) is 4.24. The third-order valence-corrected chi connectivity index (χ3v) is 5.58. The SMILES string of the molecule is C[C@@H]1CN(C(=O)c2ccc3c(c2)CCN3S(C)(=O)=O)CC(C(=O)O)O1. The van der Waals surface area contributed by atoms with Crippen LogP contribution >= 0.6 is 0 Å². The normalized spacial score (nSPS) is 23.4. The van der Waals surface area contributed by atoms with Crippen LogP contribution < -0.4 is 4.31 Å². The van der Waals surface area contributed by atoms with E-state index in [1.807, 2.05) is 0 Å². The van der Waals surface area contributed by atoms with Crippen molar-refractivity contribution in [3.05, 3.63) is 29.3 Å². The van der Waals surface area contributed by atoms with Gasteiger partial charge in [-0.25, -0.2) is 13.2 Å². The van der Waals surface area contributed by atoms with Crippen LogP contribution in [0.1, 0.15) is 22.8 Å². The Morgan fingerprint density at radius 1 is 1.28 bits per heavy atom. The van der Waals surface area contributed by atoms with Crippen LogP contribution in [0.2, 0.25) is 0 Å². The second kappa shape index (κ2) is 6.30. The molecule has 1 amide bonds. The molecule has 25 heavy (non-hydrogen) atoms. The van der Waals surface area contributed by atoms with Gasteiger partial charge in [0, 0.05) is 18.7 Å². The Kier molecular flexibility index (Phi) is 4.46. The van der Waals surface area contributed by atoms with Gasteiger partial charge in [-0.2, -0.15) is 0 Å². The maximum atomic E-state index is 12.7. The van der Waals surface area contributed by atoms with Gasteiger partial charge in [0.25, 0.3) is 5.91 Å². The number of carbonyl (C=O) groups is 2. The lowest BCUT2D eigenvalue weighted by molar-refractivity contribution is -0.160. The summed E-state index contributed by atoms with van der Waals surface area (Å²) in [4.78, 5) is 25.4. The molecule has 0 spiro atoms. The van der Waals surface area contributed by atoms with Crippen LogP contribution in [0.5, 0.6) is 0 Å². The van der Waals surface area contributed by atoms with Gasteiger partial charge in [0.15, 0.2) is 6.10 Å². The number of hydrogen-bond acceptors (Lipinski definition) is 5. The summed E-state index contributed by atoms with van der Waals surface area (Å²) in [5.41, 5.74) is 1.82. The smallest absolute Gasteiger partial charge is 0.334 e. The summed E-state index contributed by atoms with van der Waals surface area (Å²) in [6.45, 7) is 2.39. The highest BCUT2D eigenvalue weighted by Crippen LogP contribution is 2.31. The first-order chi connectivity index (χ1) is 11.7. The zero-order valence-corrected chi connectivity index (χ0v) is 14.8. The van der Waals surface area contributed by atoms with Crippen LogP contribution in [0.3, 0.4) is 0 Å². The topological polar surface area (TPSA) is 104 Å². The summed E-state index contributed by atoms with van der Waals surface area (Å²) in [6.07, 6.45) is 0.292. The minimum atomic E-state index is -3.34. The third kappa shape index (κ3) is 3.47. The molecule has 2 atom stereocenters. The number of hydrogen-bond donors (Lipinski definition) is 1. The van der Waals surface area contributed by atoms with E-state index < -0.39 is 22.1 Å². The Morgan fingerprint density at radius 3 is 2.64 bits per heavy atom. The molecule has 0 saturated carbocycles. The van der Waals surface area contributed by atoms with Crippen molar-refractivity contribution >= 4 is 27.6 Å². The second-order valence-corrected chi connectivity index (χ2v) is 8.32. The van der Waals surface area contributed by atoms with E-state index in [1.54, 1.807) is 25.1 Å². The molecular weight excluding hydrogens is 348 g/mol. The van der Waals surface area contributed by atoms with Gasteiger partial charge >= 0.3 is 5.97 Å². The molecule has 1 unspecified atom stereocenters.